The van der Waals surface area contributed by atoms with Crippen molar-refractivity contribution in [3.63, 3.8) is 0 Å². The SMILES string of the molecule is C=C1C[C@H]2C[C@@]3(C)CCCC[C@H]3[C@H](C2=O)[C@H]1CC(=O)OC(C)(C)C. The molecule has 3 fully saturated rings. The number of ketones is 1. The second kappa shape index (κ2) is 6.00. The van der Waals surface area contributed by atoms with Crippen molar-refractivity contribution < 1.29 is 14.3 Å². The maximum atomic E-state index is 13.0. The zero-order chi connectivity index (χ0) is 17.7. The standard InChI is InChI=1S/C21H32O3/c1-13-10-14-12-21(5)9-7-6-8-16(21)18(19(14)23)15(13)11-17(22)24-20(2,3)4/h14-16,18H,1,6-12H2,2-5H3/t14-,15-,16-,18+,21+/m0/s1. The second-order valence-electron chi connectivity index (χ2n) is 9.59. The average Bonchev–Trinajstić information content (AvgIpc) is 2.43. The average molecular weight is 332 g/mol. The molecule has 3 rings (SSSR count). The van der Waals surface area contributed by atoms with Crippen LogP contribution in [0.3, 0.4) is 0 Å². The van der Waals surface area contributed by atoms with Gasteiger partial charge in [0.15, 0.2) is 0 Å². The Labute approximate surface area is 146 Å². The predicted octanol–water partition coefficient (Wildman–Crippen LogP) is 4.70. The topological polar surface area (TPSA) is 43.4 Å². The maximum absolute atomic E-state index is 13.0. The molecule has 3 aliphatic carbocycles. The second-order valence-corrected chi connectivity index (χ2v) is 9.59. The summed E-state index contributed by atoms with van der Waals surface area (Å²) in [5, 5.41) is 0. The maximum Gasteiger partial charge on any atom is 0.306 e. The molecule has 134 valence electrons. The first-order valence-electron chi connectivity index (χ1n) is 9.54. The van der Waals surface area contributed by atoms with Gasteiger partial charge in [-0.2, -0.15) is 0 Å². The van der Waals surface area contributed by atoms with Crippen molar-refractivity contribution in [3.05, 3.63) is 12.2 Å². The fourth-order valence-electron chi connectivity index (χ4n) is 5.63. The molecule has 0 saturated heterocycles. The molecule has 0 amide bonds. The Bertz CT molecular complexity index is 556. The lowest BCUT2D eigenvalue weighted by Gasteiger charge is -2.55. The zero-order valence-corrected chi connectivity index (χ0v) is 15.7. The van der Waals surface area contributed by atoms with Gasteiger partial charge in [-0.15, -0.1) is 0 Å². The molecule has 0 aromatic heterocycles. The van der Waals surface area contributed by atoms with Crippen molar-refractivity contribution in [1.82, 2.24) is 0 Å². The number of hydrogen-bond donors (Lipinski definition) is 0. The van der Waals surface area contributed by atoms with E-state index in [2.05, 4.69) is 13.5 Å². The predicted molar refractivity (Wildman–Crippen MR) is 94.4 cm³/mol. The molecular formula is C21H32O3. The van der Waals surface area contributed by atoms with Gasteiger partial charge in [0.1, 0.15) is 11.4 Å². The van der Waals surface area contributed by atoms with Gasteiger partial charge in [0.25, 0.3) is 0 Å². The molecule has 0 unspecified atom stereocenters. The highest BCUT2D eigenvalue weighted by atomic mass is 16.6. The van der Waals surface area contributed by atoms with Crippen LogP contribution >= 0.6 is 0 Å². The fraction of sp³-hybridized carbons (Fsp3) is 0.810. The Hall–Kier alpha value is -1.12. The van der Waals surface area contributed by atoms with E-state index in [0.717, 1.165) is 24.8 Å². The molecule has 5 atom stereocenters. The minimum atomic E-state index is -0.481. The summed E-state index contributed by atoms with van der Waals surface area (Å²) >= 11 is 0. The van der Waals surface area contributed by atoms with Crippen molar-refractivity contribution in [3.8, 4) is 0 Å². The van der Waals surface area contributed by atoms with Crippen LogP contribution in [0.4, 0.5) is 0 Å². The van der Waals surface area contributed by atoms with Crippen molar-refractivity contribution in [1.29, 1.82) is 0 Å². The van der Waals surface area contributed by atoms with Crippen molar-refractivity contribution >= 4 is 11.8 Å². The first-order chi connectivity index (χ1) is 11.1. The molecule has 0 aromatic rings. The molecule has 3 aliphatic rings. The quantitative estimate of drug-likeness (QED) is 0.544. The van der Waals surface area contributed by atoms with Gasteiger partial charge in [-0.25, -0.2) is 0 Å². The number of esters is 1. The Balaban J connectivity index is 1.84. The van der Waals surface area contributed by atoms with E-state index < -0.39 is 5.60 Å². The molecule has 0 radical (unpaired) electrons. The van der Waals surface area contributed by atoms with Crippen molar-refractivity contribution in [2.24, 2.45) is 29.1 Å². The molecular weight excluding hydrogens is 300 g/mol. The van der Waals surface area contributed by atoms with Gasteiger partial charge in [-0.1, -0.05) is 31.9 Å². The van der Waals surface area contributed by atoms with Gasteiger partial charge in [0.05, 0.1) is 6.42 Å². The summed E-state index contributed by atoms with van der Waals surface area (Å²) in [6.45, 7) is 12.3. The summed E-state index contributed by atoms with van der Waals surface area (Å²) in [5.41, 5.74) is 0.892. The van der Waals surface area contributed by atoms with Gasteiger partial charge in [-0.3, -0.25) is 9.59 Å². The third kappa shape index (κ3) is 3.19. The van der Waals surface area contributed by atoms with E-state index >= 15 is 0 Å². The Morgan fingerprint density at radius 2 is 2.04 bits per heavy atom. The van der Waals surface area contributed by atoms with Crippen LogP contribution in [-0.4, -0.2) is 17.4 Å². The van der Waals surface area contributed by atoms with Gasteiger partial charge in [0.2, 0.25) is 0 Å². The minimum absolute atomic E-state index is 0.0113. The normalized spacial score (nSPS) is 39.3. The van der Waals surface area contributed by atoms with Gasteiger partial charge in [0, 0.05) is 11.8 Å². The third-order valence-electron chi connectivity index (χ3n) is 6.56. The molecule has 2 bridgehead atoms. The van der Waals surface area contributed by atoms with Crippen LogP contribution in [0.2, 0.25) is 0 Å². The van der Waals surface area contributed by atoms with Crippen LogP contribution < -0.4 is 0 Å². The number of allylic oxidation sites excluding steroid dienone is 1. The van der Waals surface area contributed by atoms with E-state index in [1.165, 1.54) is 19.3 Å². The van der Waals surface area contributed by atoms with Crippen LogP contribution in [0.5, 0.6) is 0 Å². The summed E-state index contributed by atoms with van der Waals surface area (Å²) in [4.78, 5) is 25.4. The molecule has 3 nitrogen and oxygen atoms in total. The van der Waals surface area contributed by atoms with E-state index in [0.29, 0.717) is 18.1 Å². The summed E-state index contributed by atoms with van der Waals surface area (Å²) in [6.07, 6.45) is 6.93. The van der Waals surface area contributed by atoms with E-state index in [4.69, 9.17) is 4.74 Å². The van der Waals surface area contributed by atoms with Crippen LogP contribution in [-0.2, 0) is 14.3 Å². The van der Waals surface area contributed by atoms with Crippen LogP contribution in [0.25, 0.3) is 0 Å². The van der Waals surface area contributed by atoms with E-state index in [-0.39, 0.29) is 29.1 Å². The van der Waals surface area contributed by atoms with Crippen LogP contribution in [0.1, 0.15) is 72.6 Å². The summed E-state index contributed by atoms with van der Waals surface area (Å²) in [7, 11) is 0. The smallest absolute Gasteiger partial charge is 0.306 e. The fourth-order valence-corrected chi connectivity index (χ4v) is 5.63. The molecule has 0 heterocycles. The Morgan fingerprint density at radius 3 is 2.71 bits per heavy atom. The molecule has 3 saturated carbocycles. The lowest BCUT2D eigenvalue weighted by molar-refractivity contribution is -0.159. The number of carbonyl (C=O) groups is 2. The number of hydrogen-bond acceptors (Lipinski definition) is 3. The number of Topliss-reactive ketones (excluding diaryl/α,β-unsaturated/α-hetero) is 1. The third-order valence-corrected chi connectivity index (χ3v) is 6.56. The minimum Gasteiger partial charge on any atom is -0.460 e. The zero-order valence-electron chi connectivity index (χ0n) is 15.7. The highest BCUT2D eigenvalue weighted by Gasteiger charge is 2.56. The molecule has 0 spiro atoms. The Morgan fingerprint density at radius 1 is 1.33 bits per heavy atom. The molecule has 0 aliphatic heterocycles. The van der Waals surface area contributed by atoms with E-state index in [1.807, 2.05) is 20.8 Å². The lowest BCUT2D eigenvalue weighted by atomic mass is 9.48. The summed E-state index contributed by atoms with van der Waals surface area (Å²) in [5.74, 6) is 0.730. The molecule has 3 heteroatoms. The largest absolute Gasteiger partial charge is 0.460 e. The number of fused-ring (bicyclic) bond motifs is 4. The van der Waals surface area contributed by atoms with Crippen LogP contribution in [0, 0.1) is 29.1 Å². The Kier molecular flexibility index (Phi) is 4.42. The lowest BCUT2D eigenvalue weighted by Crippen LogP contribution is -2.54. The monoisotopic (exact) mass is 332 g/mol. The summed E-state index contributed by atoms with van der Waals surface area (Å²) in [6, 6.07) is 0. The van der Waals surface area contributed by atoms with Gasteiger partial charge in [-0.05, 0) is 63.7 Å². The van der Waals surface area contributed by atoms with Gasteiger partial charge < -0.3 is 4.74 Å². The van der Waals surface area contributed by atoms with Crippen molar-refractivity contribution in [2.45, 2.75) is 78.2 Å². The van der Waals surface area contributed by atoms with Crippen LogP contribution in [0.15, 0.2) is 12.2 Å². The number of rotatable bonds is 2. The molecule has 24 heavy (non-hydrogen) atoms. The molecule has 0 aromatic carbocycles. The first-order valence-corrected chi connectivity index (χ1v) is 9.54. The van der Waals surface area contributed by atoms with Crippen molar-refractivity contribution in [2.75, 3.05) is 0 Å². The number of ether oxygens (including phenoxy) is 1. The number of carbonyl (C=O) groups excluding carboxylic acids is 2. The van der Waals surface area contributed by atoms with Gasteiger partial charge >= 0.3 is 5.97 Å². The highest BCUT2D eigenvalue weighted by Crippen LogP contribution is 2.59. The van der Waals surface area contributed by atoms with E-state index in [9.17, 15) is 9.59 Å². The van der Waals surface area contributed by atoms with E-state index in [1.54, 1.807) is 0 Å². The molecule has 0 N–H and O–H groups in total. The first kappa shape index (κ1) is 17.7. The summed E-state index contributed by atoms with van der Waals surface area (Å²) < 4.78 is 5.53. The highest BCUT2D eigenvalue weighted by molar-refractivity contribution is 5.88.